The molecule has 5 nitrogen and oxygen atoms in total. The number of benzene rings is 2. The highest BCUT2D eigenvalue weighted by Gasteiger charge is 2.22. The summed E-state index contributed by atoms with van der Waals surface area (Å²) >= 11 is 0. The summed E-state index contributed by atoms with van der Waals surface area (Å²) in [6.07, 6.45) is 6.20. The molecular formula is C22H29BrN2O3S. The molecule has 1 saturated heterocycles. The lowest BCUT2D eigenvalue weighted by atomic mass is 10.0. The van der Waals surface area contributed by atoms with Gasteiger partial charge in [0.1, 0.15) is 0 Å². The van der Waals surface area contributed by atoms with E-state index in [1.807, 2.05) is 12.1 Å². The van der Waals surface area contributed by atoms with Crippen LogP contribution in [0.15, 0.2) is 59.6 Å². The van der Waals surface area contributed by atoms with Gasteiger partial charge in [0, 0.05) is 23.1 Å². The van der Waals surface area contributed by atoms with Crippen LogP contribution in [-0.2, 0) is 22.7 Å². The van der Waals surface area contributed by atoms with Crippen LogP contribution in [-0.4, -0.2) is 49.2 Å². The maximum Gasteiger partial charge on any atom is 0.178 e. The molecule has 158 valence electrons. The van der Waals surface area contributed by atoms with E-state index < -0.39 is 9.84 Å². The van der Waals surface area contributed by atoms with Crippen molar-refractivity contribution in [1.82, 2.24) is 9.88 Å². The van der Waals surface area contributed by atoms with Crippen LogP contribution in [0.25, 0.3) is 10.9 Å². The van der Waals surface area contributed by atoms with Gasteiger partial charge in [-0.1, -0.05) is 24.3 Å². The number of nitrogens with zero attached hydrogens (tertiary/aromatic N) is 1. The first-order valence-corrected chi connectivity index (χ1v) is 11.2. The summed E-state index contributed by atoms with van der Waals surface area (Å²) in [6.45, 7) is 1.18. The number of aromatic nitrogens is 1. The topological polar surface area (TPSA) is 84.7 Å². The van der Waals surface area contributed by atoms with Gasteiger partial charge in [-0.05, 0) is 74.7 Å². The molecule has 7 heteroatoms. The smallest absolute Gasteiger partial charge is 0.178 e. The van der Waals surface area contributed by atoms with Gasteiger partial charge in [0.15, 0.2) is 9.84 Å². The summed E-state index contributed by atoms with van der Waals surface area (Å²) in [6, 6.07) is 15.6. The van der Waals surface area contributed by atoms with Gasteiger partial charge >= 0.3 is 0 Å². The maximum atomic E-state index is 12.5. The van der Waals surface area contributed by atoms with Crippen molar-refractivity contribution in [3.63, 3.8) is 0 Å². The van der Waals surface area contributed by atoms with Crippen LogP contribution in [0.2, 0.25) is 0 Å². The summed E-state index contributed by atoms with van der Waals surface area (Å²) in [5.41, 5.74) is 3.53. The van der Waals surface area contributed by atoms with Crippen molar-refractivity contribution >= 4 is 37.7 Å². The zero-order valence-electron chi connectivity index (χ0n) is 16.6. The molecule has 0 amide bonds. The molecule has 29 heavy (non-hydrogen) atoms. The average molecular weight is 481 g/mol. The highest BCUT2D eigenvalue weighted by atomic mass is 79.9. The fourth-order valence-corrected chi connectivity index (χ4v) is 5.35. The summed E-state index contributed by atoms with van der Waals surface area (Å²) in [5.74, 6) is 0.133. The molecule has 1 aromatic heterocycles. The van der Waals surface area contributed by atoms with Gasteiger partial charge in [-0.25, -0.2) is 8.42 Å². The third-order valence-electron chi connectivity index (χ3n) is 5.72. The van der Waals surface area contributed by atoms with Gasteiger partial charge in [0.05, 0.1) is 10.6 Å². The monoisotopic (exact) mass is 480 g/mol. The van der Waals surface area contributed by atoms with Crippen molar-refractivity contribution in [1.29, 1.82) is 0 Å². The predicted octanol–water partition coefficient (Wildman–Crippen LogP) is 3.57. The third kappa shape index (κ3) is 5.28. The van der Waals surface area contributed by atoms with Crippen LogP contribution in [0.1, 0.15) is 24.0 Å². The maximum absolute atomic E-state index is 12.5. The van der Waals surface area contributed by atoms with Crippen molar-refractivity contribution in [2.45, 2.75) is 36.6 Å². The Morgan fingerprint density at radius 3 is 2.59 bits per heavy atom. The Balaban J connectivity index is 0.00000150. The van der Waals surface area contributed by atoms with Gasteiger partial charge < -0.3 is 15.4 Å². The number of nitrogens with one attached hydrogen (secondary N) is 1. The number of halogens is 1. The number of sulfone groups is 1. The highest BCUT2D eigenvalue weighted by molar-refractivity contribution is 8.93. The first-order valence-electron chi connectivity index (χ1n) is 9.60. The second kappa shape index (κ2) is 9.89. The molecule has 0 bridgehead atoms. The van der Waals surface area contributed by atoms with Gasteiger partial charge in [0.2, 0.25) is 0 Å². The van der Waals surface area contributed by atoms with E-state index in [0.717, 1.165) is 17.5 Å². The Hall–Kier alpha value is -1.67. The van der Waals surface area contributed by atoms with Crippen LogP contribution in [0.3, 0.4) is 0 Å². The first kappa shape index (κ1) is 23.6. The van der Waals surface area contributed by atoms with Crippen LogP contribution < -0.4 is 0 Å². The number of aryl methyl sites for hydroxylation is 1. The molecule has 3 N–H and O–H groups in total. The van der Waals surface area contributed by atoms with Crippen molar-refractivity contribution in [3.8, 4) is 0 Å². The van der Waals surface area contributed by atoms with E-state index in [2.05, 4.69) is 35.3 Å². The summed E-state index contributed by atoms with van der Waals surface area (Å²) in [5, 5.41) is 1.23. The highest BCUT2D eigenvalue weighted by Crippen LogP contribution is 2.26. The van der Waals surface area contributed by atoms with Crippen molar-refractivity contribution < 1.29 is 13.9 Å². The van der Waals surface area contributed by atoms with Gasteiger partial charge in [-0.3, -0.25) is 0 Å². The standard InChI is InChI=1S/C22H26N2O2S.BrH.H2O/c1-24-12-5-6-19(24)15-18-16-23-22-10-9-17(14-21(18)22)11-13-27(25,26)20-7-3-2-4-8-20;;/h2-4,7-10,14,16,19,23H,5-6,11-13,15H2,1H3;1H;1H2/t19-;;/m1../s1. The Kier molecular flexibility index (Phi) is 8.05. The molecular weight excluding hydrogens is 452 g/mol. The van der Waals surface area contributed by atoms with Crippen LogP contribution in [0, 0.1) is 0 Å². The summed E-state index contributed by atoms with van der Waals surface area (Å²) < 4.78 is 25.1. The number of H-pyrrole nitrogens is 1. The quantitative estimate of drug-likeness (QED) is 0.584. The minimum Gasteiger partial charge on any atom is -0.412 e. The summed E-state index contributed by atoms with van der Waals surface area (Å²) in [7, 11) is -1.05. The normalized spacial score (nSPS) is 17.1. The Morgan fingerprint density at radius 1 is 1.14 bits per heavy atom. The molecule has 0 spiro atoms. The first-order chi connectivity index (χ1) is 13.0. The van der Waals surface area contributed by atoms with Gasteiger partial charge in [0.25, 0.3) is 0 Å². The molecule has 1 aliphatic heterocycles. The van der Waals surface area contributed by atoms with E-state index in [9.17, 15) is 8.42 Å². The number of hydrogen-bond donors (Lipinski definition) is 1. The van der Waals surface area contributed by atoms with Crippen LogP contribution >= 0.6 is 17.0 Å². The number of rotatable bonds is 6. The Labute approximate surface area is 183 Å². The minimum atomic E-state index is -3.25. The molecule has 4 rings (SSSR count). The number of likely N-dealkylation sites (N-methyl/N-ethyl adjacent to an activating group) is 1. The van der Waals surface area contributed by atoms with Gasteiger partial charge in [-0.15, -0.1) is 17.0 Å². The van der Waals surface area contributed by atoms with E-state index in [-0.39, 0.29) is 28.2 Å². The van der Waals surface area contributed by atoms with E-state index in [4.69, 9.17) is 0 Å². The molecule has 2 heterocycles. The SMILES string of the molecule is Br.CN1CCC[C@@H]1Cc1c[nH]c2ccc(CCS(=O)(=O)c3ccccc3)cc12.O. The Morgan fingerprint density at radius 2 is 1.90 bits per heavy atom. The molecule has 3 aromatic rings. The molecule has 0 unspecified atom stereocenters. The third-order valence-corrected chi connectivity index (χ3v) is 7.45. The van der Waals surface area contributed by atoms with E-state index in [0.29, 0.717) is 17.4 Å². The fraction of sp³-hybridized carbons (Fsp3) is 0.364. The predicted molar refractivity (Wildman–Crippen MR) is 124 cm³/mol. The molecule has 1 atom stereocenters. The van der Waals surface area contributed by atoms with Crippen LogP contribution in [0.5, 0.6) is 0 Å². The number of fused-ring (bicyclic) bond motifs is 1. The molecule has 1 aliphatic rings. The molecule has 0 aliphatic carbocycles. The second-order valence-electron chi connectivity index (χ2n) is 7.56. The molecule has 2 aromatic carbocycles. The molecule has 0 radical (unpaired) electrons. The van der Waals surface area contributed by atoms with Crippen molar-refractivity contribution in [2.75, 3.05) is 19.3 Å². The van der Waals surface area contributed by atoms with Crippen LogP contribution in [0.4, 0.5) is 0 Å². The largest absolute Gasteiger partial charge is 0.412 e. The van der Waals surface area contributed by atoms with E-state index >= 15 is 0 Å². The van der Waals surface area contributed by atoms with E-state index in [1.165, 1.54) is 30.3 Å². The molecule has 1 fully saturated rings. The lowest BCUT2D eigenvalue weighted by molar-refractivity contribution is 0.310. The molecule has 0 saturated carbocycles. The lowest BCUT2D eigenvalue weighted by Crippen LogP contribution is -2.26. The lowest BCUT2D eigenvalue weighted by Gasteiger charge is -2.18. The Bertz CT molecular complexity index is 1030. The summed E-state index contributed by atoms with van der Waals surface area (Å²) in [4.78, 5) is 6.21. The number of hydrogen-bond acceptors (Lipinski definition) is 3. The number of likely N-dealkylation sites (tertiary alicyclic amines) is 1. The zero-order chi connectivity index (χ0) is 18.9. The van der Waals surface area contributed by atoms with E-state index in [1.54, 1.807) is 24.3 Å². The second-order valence-corrected chi connectivity index (χ2v) is 9.67. The average Bonchev–Trinajstić information content (AvgIpc) is 3.27. The minimum absolute atomic E-state index is 0. The van der Waals surface area contributed by atoms with Crippen molar-refractivity contribution in [3.05, 3.63) is 65.9 Å². The van der Waals surface area contributed by atoms with Gasteiger partial charge in [-0.2, -0.15) is 0 Å². The fourth-order valence-electron chi connectivity index (χ4n) is 4.04. The van der Waals surface area contributed by atoms with Crippen molar-refractivity contribution in [2.24, 2.45) is 0 Å². The zero-order valence-corrected chi connectivity index (χ0v) is 19.1. The number of aromatic amines is 1.